The Morgan fingerprint density at radius 1 is 1.75 bits per heavy atom. The predicted octanol–water partition coefficient (Wildman–Crippen LogP) is 0.853. The minimum absolute atomic E-state index is 0.349. The summed E-state index contributed by atoms with van der Waals surface area (Å²) in [6.45, 7) is 1.46. The lowest BCUT2D eigenvalue weighted by atomic mass is 10.3. The molecule has 0 bridgehead atoms. The summed E-state index contributed by atoms with van der Waals surface area (Å²) in [5, 5.41) is 8.31. The quantitative estimate of drug-likeness (QED) is 0.725. The lowest BCUT2D eigenvalue weighted by Crippen LogP contribution is -2.10. The highest BCUT2D eigenvalue weighted by atomic mass is 16.5. The van der Waals surface area contributed by atoms with E-state index in [9.17, 15) is 4.79 Å². The molecule has 0 aromatic carbocycles. The van der Waals surface area contributed by atoms with Crippen LogP contribution in [0.1, 0.15) is 5.56 Å². The van der Waals surface area contributed by atoms with Gasteiger partial charge < -0.3 is 9.84 Å². The lowest BCUT2D eigenvalue weighted by Gasteiger charge is -2.03. The van der Waals surface area contributed by atoms with E-state index in [0.717, 1.165) is 5.56 Å². The van der Waals surface area contributed by atoms with Crippen LogP contribution in [0.5, 0.6) is 5.88 Å². The maximum Gasteiger partial charge on any atom is 0.341 e. The van der Waals surface area contributed by atoms with Crippen LogP contribution >= 0.6 is 0 Å². The Kier molecular flexibility index (Phi) is 2.63. The third kappa shape index (κ3) is 2.23. The van der Waals surface area contributed by atoms with Gasteiger partial charge in [-0.2, -0.15) is 0 Å². The Balaban J connectivity index is 2.63. The molecule has 4 nitrogen and oxygen atoms in total. The van der Waals surface area contributed by atoms with Gasteiger partial charge in [-0.25, -0.2) is 9.78 Å². The largest absolute Gasteiger partial charge is 0.479 e. The standard InChI is InChI=1S/C8H9NO3/c1-6-3-2-4-9-8(6)12-5-7(10)11/h2-4H,5H2,1H3,(H,10,11). The van der Waals surface area contributed by atoms with Crippen LogP contribution in [0.4, 0.5) is 0 Å². The molecule has 0 fully saturated rings. The van der Waals surface area contributed by atoms with Gasteiger partial charge in [-0.05, 0) is 13.0 Å². The molecule has 0 atom stereocenters. The normalized spacial score (nSPS) is 9.42. The van der Waals surface area contributed by atoms with Crippen LogP contribution in [0.2, 0.25) is 0 Å². The van der Waals surface area contributed by atoms with Crippen LogP contribution < -0.4 is 4.74 Å². The average molecular weight is 167 g/mol. The molecule has 12 heavy (non-hydrogen) atoms. The fraction of sp³-hybridized carbons (Fsp3) is 0.250. The third-order valence-corrected chi connectivity index (χ3v) is 1.29. The Morgan fingerprint density at radius 3 is 3.08 bits per heavy atom. The van der Waals surface area contributed by atoms with Gasteiger partial charge in [0.25, 0.3) is 0 Å². The fourth-order valence-corrected chi connectivity index (χ4v) is 0.752. The maximum absolute atomic E-state index is 10.1. The van der Waals surface area contributed by atoms with E-state index in [1.165, 1.54) is 0 Å². The van der Waals surface area contributed by atoms with Gasteiger partial charge in [-0.1, -0.05) is 6.07 Å². The van der Waals surface area contributed by atoms with Crippen LogP contribution in [0.15, 0.2) is 18.3 Å². The minimum Gasteiger partial charge on any atom is -0.479 e. The summed E-state index contributed by atoms with van der Waals surface area (Å²) in [5.41, 5.74) is 0.832. The Hall–Kier alpha value is -1.58. The SMILES string of the molecule is Cc1cccnc1OCC(=O)O. The number of rotatable bonds is 3. The molecular weight excluding hydrogens is 158 g/mol. The summed E-state index contributed by atoms with van der Waals surface area (Å²) in [6.07, 6.45) is 1.56. The topological polar surface area (TPSA) is 59.4 Å². The number of carbonyl (C=O) groups is 1. The molecule has 0 aliphatic heterocycles. The molecule has 0 aliphatic rings. The first-order chi connectivity index (χ1) is 5.70. The smallest absolute Gasteiger partial charge is 0.341 e. The molecule has 1 rings (SSSR count). The molecule has 64 valence electrons. The molecule has 0 amide bonds. The summed E-state index contributed by atoms with van der Waals surface area (Å²) >= 11 is 0. The van der Waals surface area contributed by atoms with Crippen LogP contribution in [0.25, 0.3) is 0 Å². The molecule has 1 aromatic rings. The van der Waals surface area contributed by atoms with Gasteiger partial charge in [-0.3, -0.25) is 0 Å². The van der Waals surface area contributed by atoms with E-state index in [1.54, 1.807) is 12.3 Å². The van der Waals surface area contributed by atoms with E-state index in [-0.39, 0.29) is 6.61 Å². The van der Waals surface area contributed by atoms with E-state index < -0.39 is 5.97 Å². The molecule has 0 saturated carbocycles. The van der Waals surface area contributed by atoms with Crippen molar-refractivity contribution in [2.45, 2.75) is 6.92 Å². The summed E-state index contributed by atoms with van der Waals surface area (Å²) in [6, 6.07) is 3.58. The van der Waals surface area contributed by atoms with Crippen molar-refractivity contribution in [3.63, 3.8) is 0 Å². The van der Waals surface area contributed by atoms with Crippen LogP contribution in [-0.2, 0) is 4.79 Å². The van der Waals surface area contributed by atoms with Crippen LogP contribution in [0.3, 0.4) is 0 Å². The maximum atomic E-state index is 10.1. The molecule has 0 aliphatic carbocycles. The number of aryl methyl sites for hydroxylation is 1. The number of aliphatic carboxylic acids is 1. The predicted molar refractivity (Wildman–Crippen MR) is 42.1 cm³/mol. The highest BCUT2D eigenvalue weighted by molar-refractivity contribution is 5.68. The van der Waals surface area contributed by atoms with Crippen molar-refractivity contribution in [1.29, 1.82) is 0 Å². The van der Waals surface area contributed by atoms with Crippen molar-refractivity contribution in [1.82, 2.24) is 4.98 Å². The molecule has 0 radical (unpaired) electrons. The second-order valence-electron chi connectivity index (χ2n) is 2.31. The van der Waals surface area contributed by atoms with Gasteiger partial charge in [0.15, 0.2) is 6.61 Å². The highest BCUT2D eigenvalue weighted by Crippen LogP contribution is 2.11. The van der Waals surface area contributed by atoms with Crippen LogP contribution in [-0.4, -0.2) is 22.7 Å². The van der Waals surface area contributed by atoms with Gasteiger partial charge in [0.1, 0.15) is 0 Å². The molecule has 1 aromatic heterocycles. The Morgan fingerprint density at radius 2 is 2.50 bits per heavy atom. The number of ether oxygens (including phenoxy) is 1. The second kappa shape index (κ2) is 3.71. The first kappa shape index (κ1) is 8.52. The summed E-state index contributed by atoms with van der Waals surface area (Å²) in [7, 11) is 0. The van der Waals surface area contributed by atoms with E-state index >= 15 is 0 Å². The number of pyridine rings is 1. The number of nitrogens with zero attached hydrogens (tertiary/aromatic N) is 1. The van der Waals surface area contributed by atoms with E-state index in [4.69, 9.17) is 9.84 Å². The van der Waals surface area contributed by atoms with Crippen molar-refractivity contribution in [3.05, 3.63) is 23.9 Å². The third-order valence-electron chi connectivity index (χ3n) is 1.29. The summed E-state index contributed by atoms with van der Waals surface area (Å²) in [4.78, 5) is 14.0. The number of hydrogen-bond acceptors (Lipinski definition) is 3. The second-order valence-corrected chi connectivity index (χ2v) is 2.31. The average Bonchev–Trinajstić information content (AvgIpc) is 2.03. The zero-order valence-corrected chi connectivity index (χ0v) is 6.65. The van der Waals surface area contributed by atoms with Gasteiger partial charge in [0.05, 0.1) is 0 Å². The summed E-state index contributed by atoms with van der Waals surface area (Å²) in [5.74, 6) is -0.625. The van der Waals surface area contributed by atoms with Crippen molar-refractivity contribution >= 4 is 5.97 Å². The van der Waals surface area contributed by atoms with Gasteiger partial charge in [-0.15, -0.1) is 0 Å². The highest BCUT2D eigenvalue weighted by Gasteiger charge is 2.01. The minimum atomic E-state index is -1.000. The monoisotopic (exact) mass is 167 g/mol. The molecule has 0 spiro atoms. The first-order valence-corrected chi connectivity index (χ1v) is 3.46. The summed E-state index contributed by atoms with van der Waals surface area (Å²) < 4.78 is 4.89. The van der Waals surface area contributed by atoms with Crippen LogP contribution in [0, 0.1) is 6.92 Å². The van der Waals surface area contributed by atoms with Crippen molar-refractivity contribution in [2.24, 2.45) is 0 Å². The van der Waals surface area contributed by atoms with E-state index in [2.05, 4.69) is 4.98 Å². The molecule has 1 heterocycles. The van der Waals surface area contributed by atoms with Crippen molar-refractivity contribution < 1.29 is 14.6 Å². The fourth-order valence-electron chi connectivity index (χ4n) is 0.752. The Bertz CT molecular complexity index is 285. The Labute approximate surface area is 69.8 Å². The zero-order valence-electron chi connectivity index (χ0n) is 6.65. The molecule has 0 saturated heterocycles. The molecular formula is C8H9NO3. The van der Waals surface area contributed by atoms with Crippen molar-refractivity contribution in [2.75, 3.05) is 6.61 Å². The lowest BCUT2D eigenvalue weighted by molar-refractivity contribution is -0.139. The van der Waals surface area contributed by atoms with Gasteiger partial charge >= 0.3 is 5.97 Å². The number of aromatic nitrogens is 1. The number of carboxylic acids is 1. The zero-order chi connectivity index (χ0) is 8.97. The number of hydrogen-bond donors (Lipinski definition) is 1. The molecule has 4 heteroatoms. The van der Waals surface area contributed by atoms with E-state index in [0.29, 0.717) is 5.88 Å². The van der Waals surface area contributed by atoms with Crippen molar-refractivity contribution in [3.8, 4) is 5.88 Å². The molecule has 0 unspecified atom stereocenters. The molecule has 1 N–H and O–H groups in total. The first-order valence-electron chi connectivity index (χ1n) is 3.46. The number of carboxylic acid groups (broad SMARTS) is 1. The van der Waals surface area contributed by atoms with E-state index in [1.807, 2.05) is 13.0 Å². The van der Waals surface area contributed by atoms with Gasteiger partial charge in [0, 0.05) is 11.8 Å². The van der Waals surface area contributed by atoms with Gasteiger partial charge in [0.2, 0.25) is 5.88 Å².